The van der Waals surface area contributed by atoms with Gasteiger partial charge in [0.15, 0.2) is 0 Å². The number of carbonyl (C=O) groups is 1. The fourth-order valence-corrected chi connectivity index (χ4v) is 0.874. The summed E-state index contributed by atoms with van der Waals surface area (Å²) in [6.07, 6.45) is 9.67. The average molecular weight is 186 g/mol. The molecule has 1 rings (SSSR count). The molecule has 0 saturated carbocycles. The lowest BCUT2D eigenvalue weighted by Gasteiger charge is -1.87. The van der Waals surface area contributed by atoms with Gasteiger partial charge in [-0.25, -0.2) is 0 Å². The molecule has 1 aromatic carbocycles. The second-order valence-electron chi connectivity index (χ2n) is 2.39. The van der Waals surface area contributed by atoms with E-state index in [4.69, 9.17) is 4.79 Å². The van der Waals surface area contributed by atoms with E-state index in [2.05, 4.69) is 24.8 Å². The largest absolute Gasteiger partial charge is 0.307 e. The number of allylic oxidation sites excluding steroid dienone is 4. The molecule has 0 N–H and O–H groups in total. The van der Waals surface area contributed by atoms with Gasteiger partial charge in [-0.3, -0.25) is 0 Å². The Kier molecular flexibility index (Phi) is 7.96. The standard InChI is InChI=1S/C12H12.CH2O/c1-2-3-4-6-9-12-10-7-5-8-11-12;1-2/h2-11H,1H2;1H2. The number of benzene rings is 1. The molecule has 14 heavy (non-hydrogen) atoms. The minimum atomic E-state index is 1.21. The van der Waals surface area contributed by atoms with Gasteiger partial charge in [0.05, 0.1) is 0 Å². The Morgan fingerprint density at radius 1 is 0.929 bits per heavy atom. The van der Waals surface area contributed by atoms with Crippen molar-refractivity contribution in [3.8, 4) is 0 Å². The zero-order valence-corrected chi connectivity index (χ0v) is 8.10. The van der Waals surface area contributed by atoms with Gasteiger partial charge in [0.1, 0.15) is 6.79 Å². The lowest BCUT2D eigenvalue weighted by molar-refractivity contribution is -0.0979. The van der Waals surface area contributed by atoms with Gasteiger partial charge in [-0.1, -0.05) is 67.3 Å². The van der Waals surface area contributed by atoms with Crippen LogP contribution in [-0.2, 0) is 4.79 Å². The van der Waals surface area contributed by atoms with Crippen LogP contribution in [0.15, 0.2) is 61.2 Å². The summed E-state index contributed by atoms with van der Waals surface area (Å²) in [5, 5.41) is 0. The zero-order chi connectivity index (χ0) is 10.6. The summed E-state index contributed by atoms with van der Waals surface area (Å²) in [5.41, 5.74) is 1.21. The van der Waals surface area contributed by atoms with Crippen molar-refractivity contribution in [1.29, 1.82) is 0 Å². The first kappa shape index (κ1) is 12.1. The first-order valence-electron chi connectivity index (χ1n) is 4.23. The van der Waals surface area contributed by atoms with E-state index >= 15 is 0 Å². The highest BCUT2D eigenvalue weighted by molar-refractivity contribution is 5.50. The highest BCUT2D eigenvalue weighted by Crippen LogP contribution is 2.00. The van der Waals surface area contributed by atoms with Crippen molar-refractivity contribution < 1.29 is 4.79 Å². The van der Waals surface area contributed by atoms with Crippen LogP contribution in [0.2, 0.25) is 0 Å². The molecule has 0 heterocycles. The van der Waals surface area contributed by atoms with Crippen LogP contribution >= 0.6 is 0 Å². The van der Waals surface area contributed by atoms with Crippen molar-refractivity contribution in [3.63, 3.8) is 0 Å². The van der Waals surface area contributed by atoms with Crippen molar-refractivity contribution in [1.82, 2.24) is 0 Å². The molecule has 1 heteroatoms. The lowest BCUT2D eigenvalue weighted by Crippen LogP contribution is -1.66. The van der Waals surface area contributed by atoms with E-state index in [1.165, 1.54) is 5.56 Å². The fourth-order valence-electron chi connectivity index (χ4n) is 0.874. The highest BCUT2D eigenvalue weighted by atomic mass is 16.1. The van der Waals surface area contributed by atoms with Crippen molar-refractivity contribution in [2.45, 2.75) is 0 Å². The quantitative estimate of drug-likeness (QED) is 0.662. The first-order valence-corrected chi connectivity index (χ1v) is 4.23. The second-order valence-corrected chi connectivity index (χ2v) is 2.39. The molecule has 0 spiro atoms. The van der Waals surface area contributed by atoms with Crippen LogP contribution in [0.25, 0.3) is 6.08 Å². The third kappa shape index (κ3) is 5.72. The Labute approximate surface area is 85.1 Å². The molecule has 0 bridgehead atoms. The van der Waals surface area contributed by atoms with E-state index in [1.54, 1.807) is 6.08 Å². The van der Waals surface area contributed by atoms with Crippen LogP contribution in [0.4, 0.5) is 0 Å². The van der Waals surface area contributed by atoms with E-state index < -0.39 is 0 Å². The monoisotopic (exact) mass is 186 g/mol. The summed E-state index contributed by atoms with van der Waals surface area (Å²) in [5.74, 6) is 0. The summed E-state index contributed by atoms with van der Waals surface area (Å²) < 4.78 is 0. The Hall–Kier alpha value is -1.89. The van der Waals surface area contributed by atoms with Crippen LogP contribution in [0, 0.1) is 0 Å². The van der Waals surface area contributed by atoms with Gasteiger partial charge >= 0.3 is 0 Å². The molecule has 72 valence electrons. The number of rotatable bonds is 3. The molecule has 0 aliphatic carbocycles. The topological polar surface area (TPSA) is 17.1 Å². The number of hydrogen-bond acceptors (Lipinski definition) is 1. The Morgan fingerprint density at radius 2 is 1.57 bits per heavy atom. The molecule has 1 nitrogen and oxygen atoms in total. The molecule has 0 radical (unpaired) electrons. The molecule has 1 aromatic rings. The van der Waals surface area contributed by atoms with Crippen LogP contribution in [0.5, 0.6) is 0 Å². The molecular weight excluding hydrogens is 172 g/mol. The van der Waals surface area contributed by atoms with Gasteiger partial charge in [0, 0.05) is 0 Å². The van der Waals surface area contributed by atoms with E-state index in [1.807, 2.05) is 43.2 Å². The van der Waals surface area contributed by atoms with Crippen LogP contribution in [-0.4, -0.2) is 6.79 Å². The van der Waals surface area contributed by atoms with Gasteiger partial charge in [0.25, 0.3) is 0 Å². The van der Waals surface area contributed by atoms with E-state index in [9.17, 15) is 0 Å². The Balaban J connectivity index is 0.000000791. The fraction of sp³-hybridized carbons (Fsp3) is 0. The minimum absolute atomic E-state index is 1.21. The average Bonchev–Trinajstić information content (AvgIpc) is 2.29. The van der Waals surface area contributed by atoms with Gasteiger partial charge in [0.2, 0.25) is 0 Å². The lowest BCUT2D eigenvalue weighted by atomic mass is 10.2. The predicted molar refractivity (Wildman–Crippen MR) is 61.9 cm³/mol. The highest BCUT2D eigenvalue weighted by Gasteiger charge is 1.78. The first-order chi connectivity index (χ1) is 6.93. The summed E-state index contributed by atoms with van der Waals surface area (Å²) in [6, 6.07) is 10.2. The Bertz CT molecular complexity index is 296. The summed E-state index contributed by atoms with van der Waals surface area (Å²) in [4.78, 5) is 8.00. The van der Waals surface area contributed by atoms with Crippen LogP contribution in [0.3, 0.4) is 0 Å². The maximum Gasteiger partial charge on any atom is 0.106 e. The summed E-state index contributed by atoms with van der Waals surface area (Å²) >= 11 is 0. The van der Waals surface area contributed by atoms with Gasteiger partial charge in [-0.15, -0.1) is 0 Å². The third-order valence-electron chi connectivity index (χ3n) is 1.45. The molecule has 0 aromatic heterocycles. The molecule has 0 amide bonds. The molecule has 0 unspecified atom stereocenters. The minimum Gasteiger partial charge on any atom is -0.307 e. The Morgan fingerprint density at radius 3 is 2.14 bits per heavy atom. The zero-order valence-electron chi connectivity index (χ0n) is 8.10. The van der Waals surface area contributed by atoms with Gasteiger partial charge < -0.3 is 4.79 Å². The maximum absolute atomic E-state index is 8.00. The van der Waals surface area contributed by atoms with E-state index in [0.717, 1.165) is 0 Å². The van der Waals surface area contributed by atoms with Gasteiger partial charge in [-0.2, -0.15) is 0 Å². The van der Waals surface area contributed by atoms with E-state index in [-0.39, 0.29) is 0 Å². The maximum atomic E-state index is 8.00. The van der Waals surface area contributed by atoms with Crippen LogP contribution in [0.1, 0.15) is 5.56 Å². The molecule has 0 aliphatic rings. The predicted octanol–water partition coefficient (Wildman–Crippen LogP) is 3.26. The SMILES string of the molecule is C=CC=CC=Cc1ccccc1.C=O. The summed E-state index contributed by atoms with van der Waals surface area (Å²) in [6.45, 7) is 5.58. The molecule has 0 saturated heterocycles. The smallest absolute Gasteiger partial charge is 0.106 e. The summed E-state index contributed by atoms with van der Waals surface area (Å²) in [7, 11) is 0. The molecule has 0 atom stereocenters. The third-order valence-corrected chi connectivity index (χ3v) is 1.45. The molecule has 0 aliphatic heterocycles. The van der Waals surface area contributed by atoms with Crippen molar-refractivity contribution >= 4 is 12.9 Å². The number of carbonyl (C=O) groups excluding carboxylic acids is 1. The molecule has 0 fully saturated rings. The van der Waals surface area contributed by atoms with Gasteiger partial charge in [-0.05, 0) is 5.56 Å². The van der Waals surface area contributed by atoms with Crippen molar-refractivity contribution in [3.05, 3.63) is 66.8 Å². The van der Waals surface area contributed by atoms with Crippen molar-refractivity contribution in [2.24, 2.45) is 0 Å². The number of hydrogen-bond donors (Lipinski definition) is 0. The van der Waals surface area contributed by atoms with Crippen LogP contribution < -0.4 is 0 Å². The normalized spacial score (nSPS) is 9.71. The second kappa shape index (κ2) is 9.20. The van der Waals surface area contributed by atoms with E-state index in [0.29, 0.717) is 0 Å². The van der Waals surface area contributed by atoms with Crippen molar-refractivity contribution in [2.75, 3.05) is 0 Å². The molecular formula is C13H14O.